The van der Waals surface area contributed by atoms with Gasteiger partial charge in [-0.15, -0.1) is 0 Å². The van der Waals surface area contributed by atoms with Crippen molar-refractivity contribution in [3.63, 3.8) is 0 Å². The van der Waals surface area contributed by atoms with Crippen LogP contribution in [0.2, 0.25) is 0 Å². The van der Waals surface area contributed by atoms with Gasteiger partial charge in [-0.05, 0) is 18.9 Å². The monoisotopic (exact) mass is 1170 g/mol. The Morgan fingerprint density at radius 3 is 2.28 bits per heavy atom. The van der Waals surface area contributed by atoms with Crippen molar-refractivity contribution >= 4 is 53.0 Å². The molecule has 2 aromatic rings. The van der Waals surface area contributed by atoms with E-state index in [1.54, 1.807) is 6.92 Å². The Kier molecular flexibility index (Phi) is 17.5. The minimum absolute atomic E-state index is 0.0119. The Bertz CT molecular complexity index is 2990. The minimum Gasteiger partial charge on any atom is -0.507 e. The summed E-state index contributed by atoms with van der Waals surface area (Å²) in [5.41, 5.74) is -4.59. The molecule has 2 aliphatic carbocycles. The highest BCUT2D eigenvalue weighted by atomic mass is 16.7. The summed E-state index contributed by atoms with van der Waals surface area (Å²) >= 11 is 0. The van der Waals surface area contributed by atoms with Gasteiger partial charge in [-0.1, -0.05) is 26.0 Å². The van der Waals surface area contributed by atoms with Crippen LogP contribution in [0.15, 0.2) is 18.2 Å². The number of carbonyl (C=O) groups is 9. The summed E-state index contributed by atoms with van der Waals surface area (Å²) in [6.07, 6.45) is -18.7. The van der Waals surface area contributed by atoms with Crippen molar-refractivity contribution in [2.24, 2.45) is 5.92 Å². The Morgan fingerprint density at radius 1 is 0.880 bits per heavy atom. The lowest BCUT2D eigenvalue weighted by Gasteiger charge is -2.43. The number of carboxylic acid groups (broad SMARTS) is 1. The fraction of sp³-hybridized carbons (Fsp3) is 0.604. The zero-order chi connectivity index (χ0) is 61.0. The third-order valence-corrected chi connectivity index (χ3v) is 15.8. The van der Waals surface area contributed by atoms with Crippen LogP contribution in [0.25, 0.3) is 0 Å². The average Bonchev–Trinajstić information content (AvgIpc) is 3.63. The number of amides is 6. The number of ketones is 2. The zero-order valence-corrected chi connectivity index (χ0v) is 45.5. The molecule has 11 N–H and O–H groups in total. The number of hydrogen-bond acceptors (Lipinski definition) is 24. The first kappa shape index (κ1) is 59.4. The fourth-order valence-electron chi connectivity index (χ4n) is 11.6. The fourth-order valence-corrected chi connectivity index (χ4v) is 11.6. The smallest absolute Gasteiger partial charge is 0.335 e. The van der Waals surface area contributed by atoms with Gasteiger partial charge in [0.15, 0.2) is 37.0 Å². The first-order valence-electron chi connectivity index (χ1n) is 27.3. The lowest BCUT2D eigenvalue weighted by molar-refractivity contribution is -0.294. The molecule has 452 valence electrons. The first-order valence-corrected chi connectivity index (χ1v) is 26.7. The van der Waals surface area contributed by atoms with E-state index in [-0.39, 0.29) is 40.5 Å². The molecule has 6 amide bonds. The van der Waals surface area contributed by atoms with Gasteiger partial charge in [0, 0.05) is 82.9 Å². The normalized spacial score (nSPS) is 32.0. The van der Waals surface area contributed by atoms with Crippen LogP contribution >= 0.6 is 0 Å². The number of aliphatic carboxylic acids is 1. The quantitative estimate of drug-likeness (QED) is 0.0310. The van der Waals surface area contributed by atoms with Crippen LogP contribution in [-0.4, -0.2) is 238 Å². The number of phenolic OH excluding ortho intramolecular Hbond substituents is 2. The number of aliphatic hydroxyl groups is 4. The van der Waals surface area contributed by atoms with E-state index < -0.39 is 219 Å². The molecule has 9 rings (SSSR count). The van der Waals surface area contributed by atoms with Gasteiger partial charge in [0.1, 0.15) is 65.9 Å². The minimum atomic E-state index is -2.55. The molecule has 16 atom stereocenters. The standard InChI is InChI=1S/C53H66N6O24/c1-20(2)36(57-28(60)18-59-29(61)9-10-30(59)62)47(71)56-24(19-79-50-43(69)41(67)42(68)45(83-50)49(72)73)46(70)54-11-12-55-52(74)53(75)16-23-33(40(66)35-34(38(23)64)37(63)22-7-6-8-26(76-4)32(22)39(35)65)27(17-53)81-31-15-25-44(21(3)80-31)82-48-51(77-5)78-14-13-58(25)48/h6-8,20-21,24-25,27,31,36,41-45,48,50-51,64,66-69,75H,9-19H2,1-5H3,(H,54,70)(H,55,74)(H,56,71)(H,57,60)(H,72,73)/t21-,24-,25-,27-,31-,36-,41-,42-,43+,44+,45-,48+,50+,51-,53-/m0/s1/i9T/t9?,21-,24-,25-,27-,31-,36-,41-,42-,43+,44+,45-,48+,50+,51-,53-. The van der Waals surface area contributed by atoms with Crippen LogP contribution < -0.4 is 26.0 Å². The Hall–Kier alpha value is -6.81. The van der Waals surface area contributed by atoms with Crippen LogP contribution in [0.5, 0.6) is 17.2 Å². The maximum atomic E-state index is 14.4. The van der Waals surface area contributed by atoms with Gasteiger partial charge >= 0.3 is 5.97 Å². The van der Waals surface area contributed by atoms with E-state index in [0.717, 1.165) is 0 Å². The van der Waals surface area contributed by atoms with Gasteiger partial charge in [-0.25, -0.2) is 4.79 Å². The van der Waals surface area contributed by atoms with Gasteiger partial charge in [0.05, 0.1) is 49.2 Å². The molecule has 2 aromatic carbocycles. The number of aliphatic hydroxyl groups excluding tert-OH is 3. The lowest BCUT2D eigenvalue weighted by Crippen LogP contribution is -2.62. The van der Waals surface area contributed by atoms with Crippen LogP contribution in [0, 0.1) is 5.92 Å². The summed E-state index contributed by atoms with van der Waals surface area (Å²) in [5, 5.41) is 87.3. The number of phenols is 2. The van der Waals surface area contributed by atoms with Gasteiger partial charge in [-0.2, -0.15) is 0 Å². The van der Waals surface area contributed by atoms with Crippen molar-refractivity contribution in [1.82, 2.24) is 31.1 Å². The SMILES string of the molecule is [3H]C1CC(=O)N(CC(=O)N[C@H](C(=O)N[C@@H](CO[C@@H]2O[C@H](C(=O)O)[C@@H](O)[C@H](O)[C@H]2O)C(=O)NCCNC(=O)[C@]2(O)Cc3c(O)c4c(c(O)c3[C@@H](O[C@H]3C[C@H]5[C@H](O[C@@H]6[C@@H](OC)OCCN65)[C@H](C)O3)C2)C(=O)c2c(OC)cccc2C4=O)C(C)C)C1=O. The molecule has 0 saturated carbocycles. The second-order valence-corrected chi connectivity index (χ2v) is 21.4. The number of rotatable bonds is 19. The van der Waals surface area contributed by atoms with Crippen LogP contribution in [-0.2, 0) is 73.1 Å². The van der Waals surface area contributed by atoms with Crippen LogP contribution in [0.3, 0.4) is 0 Å². The van der Waals surface area contributed by atoms with E-state index in [1.165, 1.54) is 46.3 Å². The molecule has 5 aliphatic heterocycles. The molecule has 0 spiro atoms. The number of likely N-dealkylation sites (tertiary alicyclic amines) is 1. The highest BCUT2D eigenvalue weighted by Gasteiger charge is 2.56. The molecule has 5 heterocycles. The topological polar surface area (TPSA) is 424 Å². The summed E-state index contributed by atoms with van der Waals surface area (Å²) in [6.45, 7) is 2.76. The van der Waals surface area contributed by atoms with Gasteiger partial charge in [-0.3, -0.25) is 48.2 Å². The lowest BCUT2D eigenvalue weighted by atomic mass is 9.72. The molecule has 30 nitrogen and oxygen atoms in total. The van der Waals surface area contributed by atoms with Crippen molar-refractivity contribution in [3.05, 3.63) is 51.6 Å². The predicted octanol–water partition coefficient (Wildman–Crippen LogP) is -3.93. The zero-order valence-electron chi connectivity index (χ0n) is 46.5. The molecule has 7 aliphatic rings. The third kappa shape index (κ3) is 11.6. The number of aromatic hydroxyl groups is 2. The first-order chi connectivity index (χ1) is 39.8. The van der Waals surface area contributed by atoms with E-state index in [9.17, 15) is 78.9 Å². The van der Waals surface area contributed by atoms with Crippen molar-refractivity contribution < 1.29 is 118 Å². The molecule has 30 heteroatoms. The molecule has 83 heavy (non-hydrogen) atoms. The Morgan fingerprint density at radius 2 is 1.60 bits per heavy atom. The molecule has 5 fully saturated rings. The number of hydrogen-bond donors (Lipinski definition) is 11. The number of carboxylic acids is 1. The molecular formula is C53H66N6O24. The van der Waals surface area contributed by atoms with Crippen molar-refractivity contribution in [2.45, 2.75) is 144 Å². The highest BCUT2D eigenvalue weighted by molar-refractivity contribution is 6.31. The number of methoxy groups -OCH3 is 2. The number of imide groups is 1. The Balaban J connectivity index is 0.938. The van der Waals surface area contributed by atoms with Gasteiger partial charge < -0.3 is 94.9 Å². The number of nitrogens with one attached hydrogen (secondary N) is 4. The summed E-state index contributed by atoms with van der Waals surface area (Å²) < 4.78 is 54.3. The summed E-state index contributed by atoms with van der Waals surface area (Å²) in [7, 11) is 2.76. The largest absolute Gasteiger partial charge is 0.507 e. The second kappa shape index (κ2) is 24.4. The van der Waals surface area contributed by atoms with E-state index in [1.807, 2.05) is 4.90 Å². The summed E-state index contributed by atoms with van der Waals surface area (Å²) in [6, 6.07) is 0.587. The third-order valence-electron chi connectivity index (χ3n) is 15.8. The maximum Gasteiger partial charge on any atom is 0.335 e. The van der Waals surface area contributed by atoms with E-state index >= 15 is 0 Å². The van der Waals surface area contributed by atoms with Crippen molar-refractivity contribution in [3.8, 4) is 17.2 Å². The summed E-state index contributed by atoms with van der Waals surface area (Å²) in [4.78, 5) is 123. The summed E-state index contributed by atoms with van der Waals surface area (Å²) in [5.74, 6) is -11.8. The van der Waals surface area contributed by atoms with E-state index in [2.05, 4.69) is 21.3 Å². The Labute approximate surface area is 473 Å². The van der Waals surface area contributed by atoms with Gasteiger partial charge in [0.25, 0.3) is 5.91 Å². The van der Waals surface area contributed by atoms with E-state index in [0.29, 0.717) is 18.1 Å². The number of ether oxygens (including phenoxy) is 8. The number of carbonyl (C=O) groups excluding carboxylic acids is 8. The molecular weight excluding hydrogens is 1100 g/mol. The number of fused-ring (bicyclic) bond motifs is 6. The predicted molar refractivity (Wildman–Crippen MR) is 273 cm³/mol. The van der Waals surface area contributed by atoms with Crippen molar-refractivity contribution in [2.75, 3.05) is 53.6 Å². The second-order valence-electron chi connectivity index (χ2n) is 21.4. The number of nitrogens with zero attached hydrogens (tertiary/aromatic N) is 2. The van der Waals surface area contributed by atoms with Crippen molar-refractivity contribution in [1.29, 1.82) is 0 Å². The number of morpholine rings is 1. The maximum absolute atomic E-state index is 14.4. The van der Waals surface area contributed by atoms with Crippen LogP contribution in [0.4, 0.5) is 0 Å². The van der Waals surface area contributed by atoms with E-state index in [4.69, 9.17) is 39.3 Å². The molecule has 0 radical (unpaired) electrons. The highest BCUT2D eigenvalue weighted by Crippen LogP contribution is 2.53. The molecule has 5 saturated heterocycles. The van der Waals surface area contributed by atoms with Gasteiger partial charge in [0.2, 0.25) is 35.3 Å². The molecule has 1 unspecified atom stereocenters. The average molecular weight is 1170 g/mol. The van der Waals surface area contributed by atoms with Crippen LogP contribution in [0.1, 0.15) is 96.9 Å². The molecule has 0 bridgehead atoms. The number of benzene rings is 2. The molecule has 0 aromatic heterocycles.